The number of hydrazine groups is 1. The van der Waals surface area contributed by atoms with Crippen LogP contribution in [0, 0.1) is 0 Å². The molecule has 2 aromatic heterocycles. The molecule has 0 radical (unpaired) electrons. The number of aromatic nitrogens is 2. The summed E-state index contributed by atoms with van der Waals surface area (Å²) in [6.07, 6.45) is 3.02. The van der Waals surface area contributed by atoms with E-state index in [0.29, 0.717) is 11.5 Å². The van der Waals surface area contributed by atoms with E-state index < -0.39 is 11.8 Å². The molecule has 0 bridgehead atoms. The number of nitrogens with zero attached hydrogens (tertiary/aromatic N) is 2. The second kappa shape index (κ2) is 9.86. The quantitative estimate of drug-likeness (QED) is 0.450. The second-order valence-electron chi connectivity index (χ2n) is 6.45. The molecule has 0 saturated heterocycles. The minimum atomic E-state index is -0.591. The number of ether oxygens (including phenoxy) is 2. The van der Waals surface area contributed by atoms with Crippen LogP contribution in [0.2, 0.25) is 0 Å². The van der Waals surface area contributed by atoms with Crippen molar-refractivity contribution in [2.24, 2.45) is 0 Å². The molecule has 8 nitrogen and oxygen atoms in total. The number of para-hydroxylation sites is 2. The zero-order valence-electron chi connectivity index (χ0n) is 16.8. The summed E-state index contributed by atoms with van der Waals surface area (Å²) in [6.45, 7) is 0. The molecule has 0 aliphatic heterocycles. The summed E-state index contributed by atoms with van der Waals surface area (Å²) < 4.78 is 11.4. The average Bonchev–Trinajstić information content (AvgIpc) is 2.84. The van der Waals surface area contributed by atoms with Gasteiger partial charge in [0.05, 0.1) is 0 Å². The molecule has 158 valence electrons. The molecule has 0 fully saturated rings. The number of rotatable bonds is 6. The van der Waals surface area contributed by atoms with Crippen molar-refractivity contribution in [1.29, 1.82) is 0 Å². The fraction of sp³-hybridized carbons (Fsp3) is 0. The lowest BCUT2D eigenvalue weighted by Crippen LogP contribution is -2.42. The van der Waals surface area contributed by atoms with Gasteiger partial charge in [-0.15, -0.1) is 0 Å². The Morgan fingerprint density at radius 3 is 1.38 bits per heavy atom. The highest BCUT2D eigenvalue weighted by molar-refractivity contribution is 6.01. The average molecular weight is 426 g/mol. The van der Waals surface area contributed by atoms with E-state index in [4.69, 9.17) is 9.47 Å². The molecule has 32 heavy (non-hydrogen) atoms. The lowest BCUT2D eigenvalue weighted by Gasteiger charge is -2.12. The summed E-state index contributed by atoms with van der Waals surface area (Å²) in [7, 11) is 0. The van der Waals surface area contributed by atoms with Crippen LogP contribution in [0.1, 0.15) is 20.7 Å². The van der Waals surface area contributed by atoms with Gasteiger partial charge in [0, 0.05) is 12.4 Å². The number of nitrogens with one attached hydrogen (secondary N) is 2. The van der Waals surface area contributed by atoms with Crippen molar-refractivity contribution in [3.05, 3.63) is 108 Å². The topological polar surface area (TPSA) is 102 Å². The molecule has 2 heterocycles. The zero-order valence-corrected chi connectivity index (χ0v) is 16.8. The number of hydrogen-bond acceptors (Lipinski definition) is 6. The first-order chi connectivity index (χ1) is 15.7. The fourth-order valence-electron chi connectivity index (χ4n) is 2.74. The molecular formula is C24H18N4O4. The van der Waals surface area contributed by atoms with Crippen molar-refractivity contribution in [2.75, 3.05) is 0 Å². The van der Waals surface area contributed by atoms with Crippen LogP contribution in [0.4, 0.5) is 0 Å². The summed E-state index contributed by atoms with van der Waals surface area (Å²) in [4.78, 5) is 33.6. The van der Waals surface area contributed by atoms with Gasteiger partial charge in [0.25, 0.3) is 11.8 Å². The predicted octanol–water partition coefficient (Wildman–Crippen LogP) is 4.14. The number of hydrogen-bond donors (Lipinski definition) is 2. The maximum atomic E-state index is 12.7. The predicted molar refractivity (Wildman–Crippen MR) is 116 cm³/mol. The smallest absolute Gasteiger partial charge is 0.275 e. The van der Waals surface area contributed by atoms with Crippen LogP contribution >= 0.6 is 0 Å². The van der Waals surface area contributed by atoms with Gasteiger partial charge in [-0.2, -0.15) is 0 Å². The summed E-state index contributed by atoms with van der Waals surface area (Å²) in [6, 6.07) is 24.2. The van der Waals surface area contributed by atoms with Gasteiger partial charge in [0.1, 0.15) is 22.6 Å². The Kier molecular flexibility index (Phi) is 6.33. The van der Waals surface area contributed by atoms with Crippen LogP contribution in [0.15, 0.2) is 97.3 Å². The van der Waals surface area contributed by atoms with Gasteiger partial charge < -0.3 is 9.47 Å². The standard InChI is InChI=1S/C24H18N4O4/c29-21(19-13-7-15-25-23(19)31-17-9-3-1-4-10-17)27-28-22(30)20-14-8-16-26-24(20)32-18-11-5-2-6-12-18/h1-16H,(H,27,29)(H,28,30). The number of benzene rings is 2. The minimum absolute atomic E-state index is 0.111. The van der Waals surface area contributed by atoms with Crippen LogP contribution in [0.25, 0.3) is 0 Å². The van der Waals surface area contributed by atoms with Gasteiger partial charge in [0.15, 0.2) is 0 Å². The Morgan fingerprint density at radius 2 is 0.969 bits per heavy atom. The number of amides is 2. The zero-order chi connectivity index (χ0) is 22.2. The molecule has 4 aromatic rings. The van der Waals surface area contributed by atoms with E-state index >= 15 is 0 Å². The number of carbonyl (C=O) groups is 2. The molecule has 0 atom stereocenters. The molecule has 2 amide bonds. The third-order valence-electron chi connectivity index (χ3n) is 4.24. The van der Waals surface area contributed by atoms with Gasteiger partial charge in [-0.05, 0) is 48.5 Å². The lowest BCUT2D eigenvalue weighted by molar-refractivity contribution is 0.0843. The van der Waals surface area contributed by atoms with E-state index in [-0.39, 0.29) is 22.9 Å². The van der Waals surface area contributed by atoms with Gasteiger partial charge in [-0.3, -0.25) is 20.4 Å². The van der Waals surface area contributed by atoms with E-state index in [9.17, 15) is 9.59 Å². The molecule has 0 aliphatic carbocycles. The van der Waals surface area contributed by atoms with Crippen molar-refractivity contribution < 1.29 is 19.1 Å². The SMILES string of the molecule is O=C(NNC(=O)c1cccnc1Oc1ccccc1)c1cccnc1Oc1ccccc1. The van der Waals surface area contributed by atoms with Crippen molar-refractivity contribution in [3.8, 4) is 23.3 Å². The van der Waals surface area contributed by atoms with Crippen LogP contribution in [-0.2, 0) is 0 Å². The van der Waals surface area contributed by atoms with Gasteiger partial charge >= 0.3 is 0 Å². The van der Waals surface area contributed by atoms with Crippen molar-refractivity contribution in [2.45, 2.75) is 0 Å². The normalized spacial score (nSPS) is 10.1. The highest BCUT2D eigenvalue weighted by atomic mass is 16.5. The molecule has 4 rings (SSSR count). The Morgan fingerprint density at radius 1 is 0.562 bits per heavy atom. The molecule has 2 N–H and O–H groups in total. The van der Waals surface area contributed by atoms with Crippen molar-refractivity contribution in [3.63, 3.8) is 0 Å². The maximum Gasteiger partial charge on any atom is 0.275 e. The summed E-state index contributed by atoms with van der Waals surface area (Å²) in [5.74, 6) is 0.100. The second-order valence-corrected chi connectivity index (χ2v) is 6.45. The van der Waals surface area contributed by atoms with E-state index in [1.165, 1.54) is 12.4 Å². The Balaban J connectivity index is 1.45. The van der Waals surface area contributed by atoms with Crippen LogP contribution < -0.4 is 20.3 Å². The highest BCUT2D eigenvalue weighted by Gasteiger charge is 2.18. The van der Waals surface area contributed by atoms with Crippen LogP contribution in [0.3, 0.4) is 0 Å². The molecular weight excluding hydrogens is 408 g/mol. The fourth-order valence-corrected chi connectivity index (χ4v) is 2.74. The molecule has 0 saturated carbocycles. The van der Waals surface area contributed by atoms with Crippen molar-refractivity contribution >= 4 is 11.8 Å². The molecule has 8 heteroatoms. The molecule has 0 aliphatic rings. The van der Waals surface area contributed by atoms with Crippen LogP contribution in [0.5, 0.6) is 23.3 Å². The Bertz CT molecular complexity index is 1120. The molecule has 0 unspecified atom stereocenters. The van der Waals surface area contributed by atoms with Gasteiger partial charge in [-0.25, -0.2) is 9.97 Å². The van der Waals surface area contributed by atoms with Gasteiger partial charge in [0.2, 0.25) is 11.8 Å². The third-order valence-corrected chi connectivity index (χ3v) is 4.24. The van der Waals surface area contributed by atoms with E-state index in [1.807, 2.05) is 12.1 Å². The largest absolute Gasteiger partial charge is 0.438 e. The first-order valence-electron chi connectivity index (χ1n) is 9.67. The third kappa shape index (κ3) is 5.06. The summed E-state index contributed by atoms with van der Waals surface area (Å²) in [5, 5.41) is 0. The number of pyridine rings is 2. The monoisotopic (exact) mass is 426 g/mol. The lowest BCUT2D eigenvalue weighted by atomic mass is 10.2. The highest BCUT2D eigenvalue weighted by Crippen LogP contribution is 2.23. The molecule has 2 aromatic carbocycles. The minimum Gasteiger partial charge on any atom is -0.438 e. The van der Waals surface area contributed by atoms with E-state index in [2.05, 4.69) is 20.8 Å². The van der Waals surface area contributed by atoms with E-state index in [1.54, 1.807) is 72.8 Å². The summed E-state index contributed by atoms with van der Waals surface area (Å²) in [5.41, 5.74) is 5.06. The Hall–Kier alpha value is -4.72. The van der Waals surface area contributed by atoms with Crippen molar-refractivity contribution in [1.82, 2.24) is 20.8 Å². The van der Waals surface area contributed by atoms with Crippen LogP contribution in [-0.4, -0.2) is 21.8 Å². The number of carbonyl (C=O) groups excluding carboxylic acids is 2. The van der Waals surface area contributed by atoms with E-state index in [0.717, 1.165) is 0 Å². The Labute approximate surface area is 183 Å². The first kappa shape index (κ1) is 20.5. The van der Waals surface area contributed by atoms with Gasteiger partial charge in [-0.1, -0.05) is 36.4 Å². The summed E-state index contributed by atoms with van der Waals surface area (Å²) >= 11 is 0. The first-order valence-corrected chi connectivity index (χ1v) is 9.67. The molecule has 0 spiro atoms. The maximum absolute atomic E-state index is 12.7.